The number of alkyl halides is 3. The Balaban J connectivity index is 3.79. The summed E-state index contributed by atoms with van der Waals surface area (Å²) in [5, 5.41) is 3.15. The summed E-state index contributed by atoms with van der Waals surface area (Å²) in [6.45, 7) is 4.03. The SMILES string of the molecule is CCC(CCCN(CC)CC(F)(F)F)NC. The van der Waals surface area contributed by atoms with Crippen LogP contribution < -0.4 is 5.32 Å². The molecule has 0 aromatic heterocycles. The van der Waals surface area contributed by atoms with E-state index >= 15 is 0 Å². The lowest BCUT2D eigenvalue weighted by Gasteiger charge is -2.23. The number of nitrogens with one attached hydrogen (secondary N) is 1. The van der Waals surface area contributed by atoms with Gasteiger partial charge < -0.3 is 5.32 Å². The van der Waals surface area contributed by atoms with Crippen LogP contribution >= 0.6 is 0 Å². The molecule has 1 atom stereocenters. The van der Waals surface area contributed by atoms with Crippen molar-refractivity contribution in [2.75, 3.05) is 26.7 Å². The van der Waals surface area contributed by atoms with E-state index in [1.54, 1.807) is 6.92 Å². The Hall–Kier alpha value is -0.290. The van der Waals surface area contributed by atoms with E-state index in [2.05, 4.69) is 12.2 Å². The Morgan fingerprint density at radius 2 is 1.88 bits per heavy atom. The first kappa shape index (κ1) is 15.7. The first-order valence-electron chi connectivity index (χ1n) is 5.89. The highest BCUT2D eigenvalue weighted by molar-refractivity contribution is 4.66. The summed E-state index contributed by atoms with van der Waals surface area (Å²) in [5.74, 6) is 0. The maximum absolute atomic E-state index is 12.2. The van der Waals surface area contributed by atoms with Crippen molar-refractivity contribution in [3.05, 3.63) is 0 Å². The molecule has 0 amide bonds. The van der Waals surface area contributed by atoms with E-state index in [1.807, 2.05) is 7.05 Å². The smallest absolute Gasteiger partial charge is 0.317 e. The molecule has 98 valence electrons. The molecule has 0 aliphatic rings. The van der Waals surface area contributed by atoms with Crippen molar-refractivity contribution in [2.24, 2.45) is 0 Å². The molecule has 0 fully saturated rings. The molecule has 0 rings (SSSR count). The van der Waals surface area contributed by atoms with Gasteiger partial charge in [-0.2, -0.15) is 13.2 Å². The van der Waals surface area contributed by atoms with Crippen molar-refractivity contribution in [1.29, 1.82) is 0 Å². The Labute approximate surface area is 96.2 Å². The average molecular weight is 240 g/mol. The largest absolute Gasteiger partial charge is 0.401 e. The zero-order valence-corrected chi connectivity index (χ0v) is 10.4. The van der Waals surface area contributed by atoms with Crippen LogP contribution in [0.5, 0.6) is 0 Å². The molecular formula is C11H23F3N2. The Kier molecular flexibility index (Phi) is 7.76. The summed E-state index contributed by atoms with van der Waals surface area (Å²) >= 11 is 0. The second kappa shape index (κ2) is 7.90. The molecule has 0 saturated heterocycles. The topological polar surface area (TPSA) is 15.3 Å². The highest BCUT2D eigenvalue weighted by Crippen LogP contribution is 2.16. The second-order valence-electron chi connectivity index (χ2n) is 4.02. The Morgan fingerprint density at radius 1 is 1.25 bits per heavy atom. The summed E-state index contributed by atoms with van der Waals surface area (Å²) in [5.41, 5.74) is 0. The van der Waals surface area contributed by atoms with Crippen LogP contribution in [0.25, 0.3) is 0 Å². The van der Waals surface area contributed by atoms with Gasteiger partial charge in [0.05, 0.1) is 6.54 Å². The second-order valence-corrected chi connectivity index (χ2v) is 4.02. The third-order valence-electron chi connectivity index (χ3n) is 2.78. The number of rotatable bonds is 8. The molecule has 0 aromatic carbocycles. The maximum atomic E-state index is 12.2. The summed E-state index contributed by atoms with van der Waals surface area (Å²) in [7, 11) is 1.89. The van der Waals surface area contributed by atoms with Crippen LogP contribution in [0.2, 0.25) is 0 Å². The van der Waals surface area contributed by atoms with E-state index < -0.39 is 12.7 Å². The lowest BCUT2D eigenvalue weighted by Crippen LogP contribution is -2.35. The molecule has 0 aliphatic carbocycles. The number of halogens is 3. The number of hydrogen-bond acceptors (Lipinski definition) is 2. The third kappa shape index (κ3) is 7.93. The summed E-state index contributed by atoms with van der Waals surface area (Å²) < 4.78 is 36.5. The highest BCUT2D eigenvalue weighted by Gasteiger charge is 2.29. The van der Waals surface area contributed by atoms with Crippen LogP contribution in [0, 0.1) is 0 Å². The van der Waals surface area contributed by atoms with Crippen LogP contribution in [0.3, 0.4) is 0 Å². The van der Waals surface area contributed by atoms with Crippen LogP contribution in [0.4, 0.5) is 13.2 Å². The van der Waals surface area contributed by atoms with E-state index in [-0.39, 0.29) is 0 Å². The standard InChI is InChI=1S/C11H23F3N2/c1-4-10(15-3)7-6-8-16(5-2)9-11(12,13)14/h10,15H,4-9H2,1-3H3. The fourth-order valence-electron chi connectivity index (χ4n) is 1.72. The maximum Gasteiger partial charge on any atom is 0.401 e. The van der Waals surface area contributed by atoms with Gasteiger partial charge in [0.15, 0.2) is 0 Å². The molecule has 1 unspecified atom stereocenters. The van der Waals surface area contributed by atoms with Crippen LogP contribution in [-0.2, 0) is 0 Å². The lowest BCUT2D eigenvalue weighted by molar-refractivity contribution is -0.145. The van der Waals surface area contributed by atoms with Gasteiger partial charge in [-0.3, -0.25) is 4.90 Å². The predicted molar refractivity (Wildman–Crippen MR) is 60.5 cm³/mol. The van der Waals surface area contributed by atoms with Gasteiger partial charge in [0.25, 0.3) is 0 Å². The van der Waals surface area contributed by atoms with E-state index in [0.717, 1.165) is 19.3 Å². The average Bonchev–Trinajstić information content (AvgIpc) is 2.21. The monoisotopic (exact) mass is 240 g/mol. The first-order chi connectivity index (χ1) is 7.42. The van der Waals surface area contributed by atoms with Gasteiger partial charge in [-0.15, -0.1) is 0 Å². The van der Waals surface area contributed by atoms with Crippen molar-refractivity contribution in [3.8, 4) is 0 Å². The fourth-order valence-corrected chi connectivity index (χ4v) is 1.72. The van der Waals surface area contributed by atoms with E-state index in [9.17, 15) is 13.2 Å². The minimum atomic E-state index is -4.08. The van der Waals surface area contributed by atoms with Gasteiger partial charge in [-0.1, -0.05) is 13.8 Å². The molecule has 1 N–H and O–H groups in total. The molecule has 0 heterocycles. The fraction of sp³-hybridized carbons (Fsp3) is 1.00. The Bertz CT molecular complexity index is 167. The predicted octanol–water partition coefficient (Wildman–Crippen LogP) is 2.65. The molecule has 0 bridgehead atoms. The third-order valence-corrected chi connectivity index (χ3v) is 2.78. The van der Waals surface area contributed by atoms with Crippen molar-refractivity contribution in [1.82, 2.24) is 10.2 Å². The molecule has 16 heavy (non-hydrogen) atoms. The van der Waals surface area contributed by atoms with Crippen LogP contribution in [-0.4, -0.2) is 43.8 Å². The molecule has 0 radical (unpaired) electrons. The molecule has 2 nitrogen and oxygen atoms in total. The van der Waals surface area contributed by atoms with E-state index in [4.69, 9.17) is 0 Å². The van der Waals surface area contributed by atoms with Crippen molar-refractivity contribution in [2.45, 2.75) is 45.3 Å². The van der Waals surface area contributed by atoms with E-state index in [1.165, 1.54) is 4.90 Å². The zero-order valence-electron chi connectivity index (χ0n) is 10.4. The van der Waals surface area contributed by atoms with E-state index in [0.29, 0.717) is 19.1 Å². The Morgan fingerprint density at radius 3 is 2.25 bits per heavy atom. The van der Waals surface area contributed by atoms with Crippen LogP contribution in [0.1, 0.15) is 33.1 Å². The summed E-state index contributed by atoms with van der Waals surface area (Å²) in [6, 6.07) is 0.421. The zero-order chi connectivity index (χ0) is 12.6. The lowest BCUT2D eigenvalue weighted by atomic mass is 10.1. The van der Waals surface area contributed by atoms with Crippen LogP contribution in [0.15, 0.2) is 0 Å². The van der Waals surface area contributed by atoms with Gasteiger partial charge in [0.2, 0.25) is 0 Å². The quantitative estimate of drug-likeness (QED) is 0.701. The molecule has 0 aliphatic heterocycles. The summed E-state index contributed by atoms with van der Waals surface area (Å²) in [6.07, 6.45) is -1.32. The molecule has 0 aromatic rings. The normalized spacial score (nSPS) is 14.4. The molecule has 0 saturated carbocycles. The molecular weight excluding hydrogens is 217 g/mol. The minimum Gasteiger partial charge on any atom is -0.317 e. The summed E-state index contributed by atoms with van der Waals surface area (Å²) in [4.78, 5) is 1.45. The number of hydrogen-bond donors (Lipinski definition) is 1. The van der Waals surface area contributed by atoms with Crippen molar-refractivity contribution in [3.63, 3.8) is 0 Å². The van der Waals surface area contributed by atoms with Gasteiger partial charge in [0, 0.05) is 6.04 Å². The van der Waals surface area contributed by atoms with Crippen molar-refractivity contribution >= 4 is 0 Å². The molecule has 5 heteroatoms. The minimum absolute atomic E-state index is 0.421. The van der Waals surface area contributed by atoms with Gasteiger partial charge in [-0.25, -0.2) is 0 Å². The van der Waals surface area contributed by atoms with Gasteiger partial charge in [0.1, 0.15) is 0 Å². The molecule has 0 spiro atoms. The number of nitrogens with zero attached hydrogens (tertiary/aromatic N) is 1. The van der Waals surface area contributed by atoms with Gasteiger partial charge in [-0.05, 0) is 39.4 Å². The van der Waals surface area contributed by atoms with Crippen molar-refractivity contribution < 1.29 is 13.2 Å². The highest BCUT2D eigenvalue weighted by atomic mass is 19.4. The van der Waals surface area contributed by atoms with Gasteiger partial charge >= 0.3 is 6.18 Å². The first-order valence-corrected chi connectivity index (χ1v) is 5.89.